The van der Waals surface area contributed by atoms with E-state index in [1.165, 1.54) is 10.8 Å². The summed E-state index contributed by atoms with van der Waals surface area (Å²) in [6.45, 7) is 1.60. The highest BCUT2D eigenvalue weighted by Crippen LogP contribution is 2.39. The fourth-order valence-corrected chi connectivity index (χ4v) is 4.25. The molecule has 30 heavy (non-hydrogen) atoms. The number of nitrogens with one attached hydrogen (secondary N) is 1. The van der Waals surface area contributed by atoms with Gasteiger partial charge in [0, 0.05) is 6.92 Å². The maximum Gasteiger partial charge on any atom is 0.238 e. The Morgan fingerprint density at radius 1 is 0.900 bits per heavy atom. The molecular weight excluding hydrogens is 372 g/mol. The highest BCUT2D eigenvalue weighted by atomic mass is 16.5. The standard InChI is InChI=1S/C26H22N2O2/c1-17(29)28-25(16-24(27-28)18-11-13-21(30-2)14-12-18)26-22-9-5-3-7-19(22)15-20-8-4-6-10-23(20)26/h3-16,25,27H,1-2H3. The largest absolute Gasteiger partial charge is 0.497 e. The lowest BCUT2D eigenvalue weighted by Crippen LogP contribution is -2.38. The van der Waals surface area contributed by atoms with Crippen molar-refractivity contribution in [3.8, 4) is 5.75 Å². The maximum atomic E-state index is 12.6. The minimum absolute atomic E-state index is 0.0308. The molecule has 1 aliphatic heterocycles. The minimum atomic E-state index is -0.212. The second-order valence-corrected chi connectivity index (χ2v) is 7.49. The number of fused-ring (bicyclic) bond motifs is 2. The molecule has 4 aromatic rings. The molecule has 0 fully saturated rings. The van der Waals surface area contributed by atoms with Gasteiger partial charge in [-0.05, 0) is 69.1 Å². The van der Waals surface area contributed by atoms with Gasteiger partial charge in [0.25, 0.3) is 0 Å². The SMILES string of the molecule is COc1ccc(C2=CC(c3c4ccccc4cc4ccccc34)N(C(C)=O)N2)cc1. The fourth-order valence-electron chi connectivity index (χ4n) is 4.25. The van der Waals surface area contributed by atoms with Crippen molar-refractivity contribution < 1.29 is 9.53 Å². The molecular formula is C26H22N2O2. The number of carbonyl (C=O) groups excluding carboxylic acids is 1. The number of ether oxygens (including phenoxy) is 1. The van der Waals surface area contributed by atoms with E-state index in [0.717, 1.165) is 33.3 Å². The monoisotopic (exact) mass is 394 g/mol. The first-order valence-corrected chi connectivity index (χ1v) is 9.99. The third kappa shape index (κ3) is 2.98. The molecule has 1 aliphatic rings. The van der Waals surface area contributed by atoms with Gasteiger partial charge in [-0.25, -0.2) is 5.01 Å². The van der Waals surface area contributed by atoms with Crippen molar-refractivity contribution in [2.75, 3.05) is 7.11 Å². The summed E-state index contributed by atoms with van der Waals surface area (Å²) in [7, 11) is 1.65. The molecule has 0 spiro atoms. The fraction of sp³-hybridized carbons (Fsp3) is 0.115. The summed E-state index contributed by atoms with van der Waals surface area (Å²) in [5.74, 6) is 0.772. The first-order valence-electron chi connectivity index (χ1n) is 9.99. The molecule has 0 aromatic heterocycles. The van der Waals surface area contributed by atoms with Crippen LogP contribution in [-0.2, 0) is 4.79 Å². The van der Waals surface area contributed by atoms with Crippen molar-refractivity contribution in [2.45, 2.75) is 13.0 Å². The molecule has 1 heterocycles. The molecule has 1 amide bonds. The molecule has 148 valence electrons. The van der Waals surface area contributed by atoms with Crippen molar-refractivity contribution in [2.24, 2.45) is 0 Å². The molecule has 1 unspecified atom stereocenters. The van der Waals surface area contributed by atoms with Crippen LogP contribution in [0, 0.1) is 0 Å². The van der Waals surface area contributed by atoms with Crippen LogP contribution in [-0.4, -0.2) is 18.0 Å². The van der Waals surface area contributed by atoms with Gasteiger partial charge >= 0.3 is 0 Å². The normalized spacial score (nSPS) is 15.9. The van der Waals surface area contributed by atoms with Crippen LogP contribution >= 0.6 is 0 Å². The van der Waals surface area contributed by atoms with Gasteiger partial charge < -0.3 is 4.74 Å². The Morgan fingerprint density at radius 2 is 1.50 bits per heavy atom. The van der Waals surface area contributed by atoms with Crippen molar-refractivity contribution in [3.05, 3.63) is 96.1 Å². The highest BCUT2D eigenvalue weighted by Gasteiger charge is 2.31. The number of methoxy groups -OCH3 is 1. The molecule has 0 saturated heterocycles. The number of hydrogen-bond donors (Lipinski definition) is 1. The average Bonchev–Trinajstić information content (AvgIpc) is 3.23. The van der Waals surface area contributed by atoms with E-state index in [1.54, 1.807) is 19.0 Å². The second kappa shape index (κ2) is 7.23. The van der Waals surface area contributed by atoms with Gasteiger partial charge in [-0.3, -0.25) is 10.2 Å². The number of rotatable bonds is 3. The molecule has 0 radical (unpaired) electrons. The summed E-state index contributed by atoms with van der Waals surface area (Å²) < 4.78 is 5.27. The van der Waals surface area contributed by atoms with E-state index in [0.29, 0.717) is 0 Å². The summed E-state index contributed by atoms with van der Waals surface area (Å²) in [5, 5.41) is 6.36. The number of carbonyl (C=O) groups is 1. The molecule has 1 N–H and O–H groups in total. The number of benzene rings is 4. The predicted octanol–water partition coefficient (Wildman–Crippen LogP) is 5.45. The number of hydrazine groups is 1. The van der Waals surface area contributed by atoms with E-state index in [4.69, 9.17) is 4.74 Å². The van der Waals surface area contributed by atoms with Crippen LogP contribution < -0.4 is 10.2 Å². The van der Waals surface area contributed by atoms with Gasteiger partial charge in [0.15, 0.2) is 0 Å². The van der Waals surface area contributed by atoms with Gasteiger partial charge in [-0.15, -0.1) is 0 Å². The quantitative estimate of drug-likeness (QED) is 0.470. The van der Waals surface area contributed by atoms with Gasteiger partial charge in [0.1, 0.15) is 5.75 Å². The van der Waals surface area contributed by atoms with Crippen LogP contribution in [0.5, 0.6) is 5.75 Å². The van der Waals surface area contributed by atoms with Crippen molar-refractivity contribution in [3.63, 3.8) is 0 Å². The van der Waals surface area contributed by atoms with Crippen molar-refractivity contribution >= 4 is 33.1 Å². The topological polar surface area (TPSA) is 41.6 Å². The summed E-state index contributed by atoms with van der Waals surface area (Å²) in [6, 6.07) is 26.6. The Kier molecular flexibility index (Phi) is 4.40. The molecule has 4 aromatic carbocycles. The van der Waals surface area contributed by atoms with Crippen LogP contribution in [0.3, 0.4) is 0 Å². The van der Waals surface area contributed by atoms with E-state index in [-0.39, 0.29) is 11.9 Å². The third-order valence-electron chi connectivity index (χ3n) is 5.69. The predicted molar refractivity (Wildman–Crippen MR) is 121 cm³/mol. The summed E-state index contributed by atoms with van der Waals surface area (Å²) in [5.41, 5.74) is 6.38. The first-order chi connectivity index (χ1) is 14.7. The lowest BCUT2D eigenvalue weighted by atomic mass is 9.91. The Morgan fingerprint density at radius 3 is 2.07 bits per heavy atom. The molecule has 1 atom stereocenters. The van der Waals surface area contributed by atoms with Gasteiger partial charge in [0.2, 0.25) is 5.91 Å². The number of nitrogens with zero attached hydrogens (tertiary/aromatic N) is 1. The van der Waals surface area contributed by atoms with E-state index in [2.05, 4.69) is 66.1 Å². The zero-order valence-electron chi connectivity index (χ0n) is 16.9. The number of hydrogen-bond acceptors (Lipinski definition) is 3. The summed E-state index contributed by atoms with van der Waals surface area (Å²) >= 11 is 0. The highest BCUT2D eigenvalue weighted by molar-refractivity contribution is 6.03. The Bertz CT molecular complexity index is 1240. The Hall–Kier alpha value is -3.79. The molecule has 4 nitrogen and oxygen atoms in total. The smallest absolute Gasteiger partial charge is 0.238 e. The van der Waals surface area contributed by atoms with Gasteiger partial charge in [0.05, 0.1) is 18.8 Å². The van der Waals surface area contributed by atoms with Gasteiger partial charge in [-0.2, -0.15) is 0 Å². The Balaban J connectivity index is 1.72. The van der Waals surface area contributed by atoms with Crippen molar-refractivity contribution in [1.82, 2.24) is 10.4 Å². The maximum absolute atomic E-state index is 12.6. The van der Waals surface area contributed by atoms with E-state index >= 15 is 0 Å². The zero-order valence-corrected chi connectivity index (χ0v) is 16.9. The molecule has 0 bridgehead atoms. The molecule has 5 rings (SSSR count). The van der Waals surface area contributed by atoms with Crippen LogP contribution in [0.1, 0.15) is 24.1 Å². The molecule has 0 saturated carbocycles. The number of amides is 1. The lowest BCUT2D eigenvalue weighted by molar-refractivity contribution is -0.131. The molecule has 4 heteroatoms. The van der Waals surface area contributed by atoms with E-state index in [1.807, 2.05) is 24.3 Å². The van der Waals surface area contributed by atoms with Crippen LogP contribution in [0.4, 0.5) is 0 Å². The van der Waals surface area contributed by atoms with E-state index in [9.17, 15) is 4.79 Å². The second-order valence-electron chi connectivity index (χ2n) is 7.49. The third-order valence-corrected chi connectivity index (χ3v) is 5.69. The summed E-state index contributed by atoms with van der Waals surface area (Å²) in [4.78, 5) is 12.6. The Labute approximate surface area is 175 Å². The van der Waals surface area contributed by atoms with Crippen LogP contribution in [0.25, 0.3) is 27.2 Å². The first kappa shape index (κ1) is 18.3. The average molecular weight is 394 g/mol. The summed E-state index contributed by atoms with van der Waals surface area (Å²) in [6.07, 6.45) is 2.14. The minimum Gasteiger partial charge on any atom is -0.497 e. The molecule has 0 aliphatic carbocycles. The van der Waals surface area contributed by atoms with E-state index < -0.39 is 0 Å². The van der Waals surface area contributed by atoms with Crippen LogP contribution in [0.15, 0.2) is 84.9 Å². The van der Waals surface area contributed by atoms with Crippen LogP contribution in [0.2, 0.25) is 0 Å². The lowest BCUT2D eigenvalue weighted by Gasteiger charge is -2.26. The zero-order chi connectivity index (χ0) is 20.7. The van der Waals surface area contributed by atoms with Gasteiger partial charge in [-0.1, -0.05) is 48.5 Å². The van der Waals surface area contributed by atoms with Crippen molar-refractivity contribution in [1.29, 1.82) is 0 Å².